The van der Waals surface area contributed by atoms with Gasteiger partial charge >= 0.3 is 20.0 Å². The highest BCUT2D eigenvalue weighted by Gasteiger charge is 2.44. The van der Waals surface area contributed by atoms with Crippen molar-refractivity contribution in [2.45, 2.75) is 89.6 Å². The van der Waals surface area contributed by atoms with Crippen molar-refractivity contribution in [2.24, 2.45) is 0 Å². The number of halogens is 3. The fourth-order valence-electron chi connectivity index (χ4n) is 3.87. The molecule has 3 fully saturated rings. The molecule has 195 valence electrons. The molecular weight excluding hydrogens is 460 g/mol. The van der Waals surface area contributed by atoms with Gasteiger partial charge in [0.05, 0.1) is 29.4 Å². The molecule has 6 nitrogen and oxygen atoms in total. The van der Waals surface area contributed by atoms with Crippen LogP contribution in [0.2, 0.25) is 0 Å². The maximum Gasteiger partial charge on any atom is 0.488 e. The minimum atomic E-state index is -4.33. The summed E-state index contributed by atoms with van der Waals surface area (Å²) in [6.45, 7) is 12.0. The Balaban J connectivity index is 0.000000320. The SMILES string of the molecule is CC1(C)O[B]OC1(C)C.CCCCOC(=O)N1CCNC(c2ccc(C(F)(F)F)c(C3CC3)c2)C1. The number of benzene rings is 1. The third-order valence-corrected chi connectivity index (χ3v) is 7.09. The number of nitrogens with one attached hydrogen (secondary N) is 1. The largest absolute Gasteiger partial charge is 0.488 e. The van der Waals surface area contributed by atoms with Gasteiger partial charge in [0.2, 0.25) is 0 Å². The molecule has 1 radical (unpaired) electrons. The Morgan fingerprint density at radius 3 is 2.37 bits per heavy atom. The highest BCUT2D eigenvalue weighted by atomic mass is 19.4. The normalized spacial score (nSPS) is 23.2. The second-order valence-electron chi connectivity index (χ2n) is 10.4. The summed E-state index contributed by atoms with van der Waals surface area (Å²) in [5.41, 5.74) is 0.279. The quantitative estimate of drug-likeness (QED) is 0.425. The molecule has 1 N–H and O–H groups in total. The number of ether oxygens (including phenoxy) is 1. The first-order chi connectivity index (χ1) is 16.4. The zero-order valence-corrected chi connectivity index (χ0v) is 21.3. The van der Waals surface area contributed by atoms with Crippen LogP contribution in [0.5, 0.6) is 0 Å². The van der Waals surface area contributed by atoms with Gasteiger partial charge in [0.15, 0.2) is 0 Å². The molecule has 35 heavy (non-hydrogen) atoms. The number of hydrogen-bond donors (Lipinski definition) is 1. The van der Waals surface area contributed by atoms with Crippen molar-refractivity contribution >= 4 is 13.8 Å². The lowest BCUT2D eigenvalue weighted by Gasteiger charge is -2.33. The number of carbonyl (C=O) groups is 1. The van der Waals surface area contributed by atoms with E-state index in [-0.39, 0.29) is 29.3 Å². The van der Waals surface area contributed by atoms with E-state index in [1.54, 1.807) is 11.0 Å². The number of alkyl halides is 3. The number of hydrogen-bond acceptors (Lipinski definition) is 5. The molecule has 0 bridgehead atoms. The molecule has 1 aromatic rings. The predicted octanol–water partition coefficient (Wildman–Crippen LogP) is 5.59. The summed E-state index contributed by atoms with van der Waals surface area (Å²) in [4.78, 5) is 13.8. The highest BCUT2D eigenvalue weighted by molar-refractivity contribution is 6.19. The van der Waals surface area contributed by atoms with E-state index in [0.717, 1.165) is 31.2 Å². The smallest absolute Gasteiger partial charge is 0.449 e. The van der Waals surface area contributed by atoms with Gasteiger partial charge in [0, 0.05) is 19.6 Å². The molecule has 3 aliphatic rings. The topological polar surface area (TPSA) is 60.0 Å². The van der Waals surface area contributed by atoms with E-state index in [1.165, 1.54) is 19.8 Å². The van der Waals surface area contributed by atoms with E-state index in [0.29, 0.717) is 31.8 Å². The van der Waals surface area contributed by atoms with Crippen molar-refractivity contribution < 1.29 is 32.0 Å². The molecule has 4 rings (SSSR count). The summed E-state index contributed by atoms with van der Waals surface area (Å²) in [6, 6.07) is 4.20. The molecule has 1 unspecified atom stereocenters. The van der Waals surface area contributed by atoms with E-state index in [2.05, 4.69) is 5.32 Å². The molecule has 0 spiro atoms. The number of piperazine rings is 1. The van der Waals surface area contributed by atoms with E-state index >= 15 is 0 Å². The number of nitrogens with zero attached hydrogens (tertiary/aromatic N) is 1. The maximum atomic E-state index is 13.2. The van der Waals surface area contributed by atoms with Crippen LogP contribution in [0, 0.1) is 0 Å². The Kier molecular flexibility index (Phi) is 8.81. The van der Waals surface area contributed by atoms with E-state index in [4.69, 9.17) is 14.0 Å². The molecule has 1 saturated carbocycles. The van der Waals surface area contributed by atoms with Crippen LogP contribution in [0.3, 0.4) is 0 Å². The minimum absolute atomic E-state index is 0.00489. The lowest BCUT2D eigenvalue weighted by atomic mass is 9.90. The minimum Gasteiger partial charge on any atom is -0.449 e. The lowest BCUT2D eigenvalue weighted by Crippen LogP contribution is -2.48. The molecule has 1 aromatic carbocycles. The van der Waals surface area contributed by atoms with E-state index in [9.17, 15) is 18.0 Å². The fraction of sp³-hybridized carbons (Fsp3) is 0.720. The average molecular weight is 497 g/mol. The first-order valence-electron chi connectivity index (χ1n) is 12.4. The molecule has 0 aromatic heterocycles. The average Bonchev–Trinajstić information content (AvgIpc) is 3.60. The van der Waals surface area contributed by atoms with Crippen molar-refractivity contribution in [3.05, 3.63) is 34.9 Å². The van der Waals surface area contributed by atoms with Crippen molar-refractivity contribution in [2.75, 3.05) is 26.2 Å². The van der Waals surface area contributed by atoms with Gasteiger partial charge < -0.3 is 24.3 Å². The van der Waals surface area contributed by atoms with Crippen LogP contribution in [-0.2, 0) is 20.2 Å². The third kappa shape index (κ3) is 7.14. The standard InChI is InChI=1S/C19H25F3N2O2.C6H12BO2/c1-2-3-10-26-18(25)24-9-8-23-17(12-24)14-6-7-16(19(20,21)22)15(11-14)13-4-5-13;1-5(2)6(3,4)9-7-8-5/h6-7,11,13,17,23H,2-5,8-10,12H2,1H3;1-4H3. The van der Waals surface area contributed by atoms with Crippen LogP contribution in [0.1, 0.15) is 89.0 Å². The predicted molar refractivity (Wildman–Crippen MR) is 128 cm³/mol. The summed E-state index contributed by atoms with van der Waals surface area (Å²) >= 11 is 0. The Morgan fingerprint density at radius 1 is 1.20 bits per heavy atom. The monoisotopic (exact) mass is 497 g/mol. The van der Waals surface area contributed by atoms with E-state index < -0.39 is 11.7 Å². The molecule has 10 heteroatoms. The summed E-state index contributed by atoms with van der Waals surface area (Å²) in [5.74, 6) is 0.00489. The first-order valence-corrected chi connectivity index (χ1v) is 12.4. The van der Waals surface area contributed by atoms with Crippen molar-refractivity contribution in [1.29, 1.82) is 0 Å². The maximum absolute atomic E-state index is 13.2. The van der Waals surface area contributed by atoms with Gasteiger partial charge in [-0.1, -0.05) is 25.5 Å². The molecule has 1 aliphatic carbocycles. The van der Waals surface area contributed by atoms with Gasteiger partial charge in [-0.25, -0.2) is 4.79 Å². The number of rotatable bonds is 5. The Bertz CT molecular complexity index is 861. The molecular formula is C25H37BF3N2O4. The number of carbonyl (C=O) groups excluding carboxylic acids is 1. The second kappa shape index (κ2) is 11.1. The van der Waals surface area contributed by atoms with Crippen LogP contribution < -0.4 is 5.32 Å². The Labute approximate surface area is 207 Å². The van der Waals surface area contributed by atoms with Gasteiger partial charge in [0.1, 0.15) is 0 Å². The Hall–Kier alpha value is -1.78. The zero-order valence-electron chi connectivity index (χ0n) is 21.3. The Morgan fingerprint density at radius 2 is 1.86 bits per heavy atom. The highest BCUT2D eigenvalue weighted by Crippen LogP contribution is 2.46. The molecule has 1 atom stereocenters. The third-order valence-electron chi connectivity index (χ3n) is 7.09. The van der Waals surface area contributed by atoms with Crippen LogP contribution in [0.4, 0.5) is 18.0 Å². The van der Waals surface area contributed by atoms with Crippen LogP contribution >= 0.6 is 0 Å². The second-order valence-corrected chi connectivity index (χ2v) is 10.4. The summed E-state index contributed by atoms with van der Waals surface area (Å²) < 4.78 is 55.4. The van der Waals surface area contributed by atoms with Gasteiger partial charge in [0.25, 0.3) is 0 Å². The van der Waals surface area contributed by atoms with Crippen molar-refractivity contribution in [3.8, 4) is 0 Å². The lowest BCUT2D eigenvalue weighted by molar-refractivity contribution is -0.138. The first kappa shape index (κ1) is 27.8. The van der Waals surface area contributed by atoms with Crippen LogP contribution in [-0.4, -0.2) is 56.1 Å². The fourth-order valence-corrected chi connectivity index (χ4v) is 3.87. The number of amides is 1. The van der Waals surface area contributed by atoms with Crippen molar-refractivity contribution in [3.63, 3.8) is 0 Å². The number of unbranched alkanes of at least 4 members (excludes halogenated alkanes) is 1. The summed E-state index contributed by atoms with van der Waals surface area (Å²) in [7, 11) is 1.42. The van der Waals surface area contributed by atoms with Gasteiger partial charge in [-0.05, 0) is 70.1 Å². The van der Waals surface area contributed by atoms with E-state index in [1.807, 2.05) is 34.6 Å². The van der Waals surface area contributed by atoms with Crippen LogP contribution in [0.25, 0.3) is 0 Å². The summed E-state index contributed by atoms with van der Waals surface area (Å²) in [6.07, 6.45) is -1.29. The van der Waals surface area contributed by atoms with Gasteiger partial charge in [-0.3, -0.25) is 0 Å². The summed E-state index contributed by atoms with van der Waals surface area (Å²) in [5, 5.41) is 3.30. The molecule has 1 amide bonds. The van der Waals surface area contributed by atoms with Crippen LogP contribution in [0.15, 0.2) is 18.2 Å². The molecule has 2 saturated heterocycles. The van der Waals surface area contributed by atoms with Gasteiger partial charge in [-0.2, -0.15) is 13.2 Å². The zero-order chi connectivity index (χ0) is 25.9. The van der Waals surface area contributed by atoms with Crippen molar-refractivity contribution in [1.82, 2.24) is 10.2 Å². The molecule has 2 heterocycles. The molecule has 2 aliphatic heterocycles. The van der Waals surface area contributed by atoms with Gasteiger partial charge in [-0.15, -0.1) is 0 Å².